The molecule has 0 saturated carbocycles. The van der Waals surface area contributed by atoms with Gasteiger partial charge in [0.05, 0.1) is 11.0 Å². The van der Waals surface area contributed by atoms with Crippen LogP contribution in [0.4, 0.5) is 0 Å². The number of hydrogen-bond donors (Lipinski definition) is 1. The monoisotopic (exact) mass is 220 g/mol. The molecule has 0 aliphatic carbocycles. The van der Waals surface area contributed by atoms with Crippen LogP contribution in [0.15, 0.2) is 18.2 Å². The number of hydrogen-bond acceptors (Lipinski definition) is 2. The Morgan fingerprint density at radius 3 is 2.73 bits per heavy atom. The first kappa shape index (κ1) is 10.6. The number of benzene rings is 1. The minimum atomic E-state index is 0.460. The van der Waals surface area contributed by atoms with E-state index in [1.54, 1.807) is 0 Å². The van der Waals surface area contributed by atoms with Crippen LogP contribution in [0.1, 0.15) is 31.2 Å². The number of thiol groups is 1. The standard InChI is InChI=1S/C12H16N2S/c1-8(2)12-13-10-5-4-9(7-15)6-11(10)14(12)3/h4-6,8,15H,7H2,1-3H3. The third-order valence-electron chi connectivity index (χ3n) is 2.68. The highest BCUT2D eigenvalue weighted by Gasteiger charge is 2.10. The van der Waals surface area contributed by atoms with Crippen molar-refractivity contribution >= 4 is 23.7 Å². The molecule has 2 rings (SSSR count). The molecule has 0 aliphatic rings. The predicted molar refractivity (Wildman–Crippen MR) is 67.5 cm³/mol. The number of aromatic nitrogens is 2. The Labute approximate surface area is 95.7 Å². The van der Waals surface area contributed by atoms with Crippen LogP contribution in [0.25, 0.3) is 11.0 Å². The maximum absolute atomic E-state index is 4.63. The summed E-state index contributed by atoms with van der Waals surface area (Å²) in [5.74, 6) is 2.38. The molecule has 1 aromatic carbocycles. The lowest BCUT2D eigenvalue weighted by atomic mass is 10.2. The summed E-state index contributed by atoms with van der Waals surface area (Å²) in [5.41, 5.74) is 3.51. The van der Waals surface area contributed by atoms with E-state index < -0.39 is 0 Å². The van der Waals surface area contributed by atoms with E-state index in [-0.39, 0.29) is 0 Å². The maximum atomic E-state index is 4.63. The highest BCUT2D eigenvalue weighted by atomic mass is 32.1. The van der Waals surface area contributed by atoms with Gasteiger partial charge < -0.3 is 4.57 Å². The highest BCUT2D eigenvalue weighted by molar-refractivity contribution is 7.79. The molecular weight excluding hydrogens is 204 g/mol. The first-order chi connectivity index (χ1) is 7.13. The van der Waals surface area contributed by atoms with E-state index in [0.717, 1.165) is 17.1 Å². The van der Waals surface area contributed by atoms with E-state index in [4.69, 9.17) is 0 Å². The zero-order valence-electron chi connectivity index (χ0n) is 9.36. The van der Waals surface area contributed by atoms with Gasteiger partial charge in [-0.15, -0.1) is 0 Å². The van der Waals surface area contributed by atoms with Gasteiger partial charge in [0.1, 0.15) is 5.82 Å². The lowest BCUT2D eigenvalue weighted by Crippen LogP contribution is -1.99. The molecule has 2 aromatic rings. The first-order valence-electron chi connectivity index (χ1n) is 5.19. The summed E-state index contributed by atoms with van der Waals surface area (Å²) in [6.45, 7) is 4.33. The van der Waals surface area contributed by atoms with E-state index in [0.29, 0.717) is 5.92 Å². The summed E-state index contributed by atoms with van der Waals surface area (Å²) >= 11 is 4.29. The Kier molecular flexibility index (Phi) is 2.74. The summed E-state index contributed by atoms with van der Waals surface area (Å²) in [6, 6.07) is 6.33. The maximum Gasteiger partial charge on any atom is 0.112 e. The Balaban J connectivity index is 2.66. The SMILES string of the molecule is CC(C)c1nc2ccc(CS)cc2n1C. The molecular formula is C12H16N2S. The van der Waals surface area contributed by atoms with Gasteiger partial charge in [0.2, 0.25) is 0 Å². The van der Waals surface area contributed by atoms with E-state index in [1.165, 1.54) is 11.1 Å². The van der Waals surface area contributed by atoms with Crippen molar-refractivity contribution in [2.45, 2.75) is 25.5 Å². The topological polar surface area (TPSA) is 17.8 Å². The molecule has 15 heavy (non-hydrogen) atoms. The fourth-order valence-corrected chi connectivity index (χ4v) is 2.07. The molecule has 0 spiro atoms. The van der Waals surface area contributed by atoms with Crippen molar-refractivity contribution < 1.29 is 0 Å². The van der Waals surface area contributed by atoms with Crippen LogP contribution in [0, 0.1) is 0 Å². The zero-order valence-corrected chi connectivity index (χ0v) is 10.3. The molecule has 0 aliphatic heterocycles. The number of aryl methyl sites for hydroxylation is 1. The molecule has 1 heterocycles. The van der Waals surface area contributed by atoms with Crippen molar-refractivity contribution in [2.75, 3.05) is 0 Å². The number of nitrogens with zero attached hydrogens (tertiary/aromatic N) is 2. The predicted octanol–water partition coefficient (Wildman–Crippen LogP) is 3.13. The Hall–Kier alpha value is -0.960. The van der Waals surface area contributed by atoms with E-state index in [9.17, 15) is 0 Å². The second-order valence-corrected chi connectivity index (χ2v) is 4.48. The summed E-state index contributed by atoms with van der Waals surface area (Å²) in [5, 5.41) is 0. The third kappa shape index (κ3) is 1.76. The van der Waals surface area contributed by atoms with E-state index in [1.807, 2.05) is 0 Å². The van der Waals surface area contributed by atoms with Gasteiger partial charge in [-0.1, -0.05) is 19.9 Å². The Morgan fingerprint density at radius 1 is 1.40 bits per heavy atom. The van der Waals surface area contributed by atoms with Crippen LogP contribution < -0.4 is 0 Å². The molecule has 0 saturated heterocycles. The minimum absolute atomic E-state index is 0.460. The van der Waals surface area contributed by atoms with Crippen LogP contribution in [0.2, 0.25) is 0 Å². The minimum Gasteiger partial charge on any atom is -0.331 e. The van der Waals surface area contributed by atoms with Crippen molar-refractivity contribution in [3.63, 3.8) is 0 Å². The van der Waals surface area contributed by atoms with Crippen LogP contribution in [0.5, 0.6) is 0 Å². The summed E-state index contributed by atoms with van der Waals surface area (Å²) in [7, 11) is 2.08. The molecule has 0 bridgehead atoms. The highest BCUT2D eigenvalue weighted by Crippen LogP contribution is 2.21. The fraction of sp³-hybridized carbons (Fsp3) is 0.417. The second kappa shape index (κ2) is 3.89. The van der Waals surface area contributed by atoms with Gasteiger partial charge in [-0.3, -0.25) is 0 Å². The number of rotatable bonds is 2. The normalized spacial score (nSPS) is 11.5. The lowest BCUT2D eigenvalue weighted by Gasteiger charge is -2.04. The van der Waals surface area contributed by atoms with Gasteiger partial charge >= 0.3 is 0 Å². The fourth-order valence-electron chi connectivity index (χ4n) is 1.87. The van der Waals surface area contributed by atoms with E-state index >= 15 is 0 Å². The van der Waals surface area contributed by atoms with Crippen LogP contribution >= 0.6 is 12.6 Å². The number of fused-ring (bicyclic) bond motifs is 1. The van der Waals surface area contributed by atoms with Gasteiger partial charge in [-0.05, 0) is 17.7 Å². The van der Waals surface area contributed by atoms with Crippen molar-refractivity contribution in [2.24, 2.45) is 7.05 Å². The molecule has 0 N–H and O–H groups in total. The molecule has 3 heteroatoms. The van der Waals surface area contributed by atoms with Crippen LogP contribution in [-0.2, 0) is 12.8 Å². The smallest absolute Gasteiger partial charge is 0.112 e. The van der Waals surface area contributed by atoms with Gasteiger partial charge in [0.15, 0.2) is 0 Å². The molecule has 1 aromatic heterocycles. The molecule has 2 nitrogen and oxygen atoms in total. The Bertz CT molecular complexity index is 486. The molecule has 80 valence electrons. The van der Waals surface area contributed by atoms with Gasteiger partial charge in [0, 0.05) is 18.7 Å². The van der Waals surface area contributed by atoms with Crippen molar-refractivity contribution in [1.82, 2.24) is 9.55 Å². The van der Waals surface area contributed by atoms with E-state index in [2.05, 4.69) is 61.3 Å². The average molecular weight is 220 g/mol. The third-order valence-corrected chi connectivity index (χ3v) is 3.04. The lowest BCUT2D eigenvalue weighted by molar-refractivity contribution is 0.722. The second-order valence-electron chi connectivity index (χ2n) is 4.16. The molecule has 0 atom stereocenters. The van der Waals surface area contributed by atoms with Crippen molar-refractivity contribution in [3.8, 4) is 0 Å². The quantitative estimate of drug-likeness (QED) is 0.770. The number of imidazole rings is 1. The summed E-state index contributed by atoms with van der Waals surface area (Å²) in [4.78, 5) is 4.63. The van der Waals surface area contributed by atoms with Crippen LogP contribution in [0.3, 0.4) is 0 Å². The zero-order chi connectivity index (χ0) is 11.0. The summed E-state index contributed by atoms with van der Waals surface area (Å²) < 4.78 is 2.17. The van der Waals surface area contributed by atoms with Crippen LogP contribution in [-0.4, -0.2) is 9.55 Å². The molecule has 0 fully saturated rings. The van der Waals surface area contributed by atoms with Crippen molar-refractivity contribution in [1.29, 1.82) is 0 Å². The molecule has 0 amide bonds. The average Bonchev–Trinajstić information content (AvgIpc) is 2.56. The van der Waals surface area contributed by atoms with Gasteiger partial charge in [-0.2, -0.15) is 12.6 Å². The van der Waals surface area contributed by atoms with Gasteiger partial charge in [-0.25, -0.2) is 4.98 Å². The largest absolute Gasteiger partial charge is 0.331 e. The Morgan fingerprint density at radius 2 is 2.13 bits per heavy atom. The van der Waals surface area contributed by atoms with Gasteiger partial charge in [0.25, 0.3) is 0 Å². The van der Waals surface area contributed by atoms with Crippen molar-refractivity contribution in [3.05, 3.63) is 29.6 Å². The molecule has 0 unspecified atom stereocenters. The summed E-state index contributed by atoms with van der Waals surface area (Å²) in [6.07, 6.45) is 0. The molecule has 0 radical (unpaired) electrons. The first-order valence-corrected chi connectivity index (χ1v) is 5.83.